The smallest absolute Gasteiger partial charge is 0.266 e. The van der Waals surface area contributed by atoms with Crippen molar-refractivity contribution in [1.29, 1.82) is 0 Å². The number of aromatic nitrogens is 4. The zero-order chi connectivity index (χ0) is 20.6. The van der Waals surface area contributed by atoms with E-state index in [-0.39, 0.29) is 11.6 Å². The molecule has 152 valence electrons. The topological polar surface area (TPSA) is 119 Å². The van der Waals surface area contributed by atoms with Crippen LogP contribution in [0.25, 0.3) is 11.0 Å². The molecule has 2 N–H and O–H groups in total. The van der Waals surface area contributed by atoms with E-state index in [0.29, 0.717) is 27.6 Å². The van der Waals surface area contributed by atoms with Crippen LogP contribution in [0.15, 0.2) is 39.9 Å². The van der Waals surface area contributed by atoms with Crippen LogP contribution in [0.4, 0.5) is 17.5 Å². The lowest BCUT2D eigenvalue weighted by Gasteiger charge is -2.17. The average Bonchev–Trinajstić information content (AvgIpc) is 3.18. The third kappa shape index (κ3) is 4.40. The maximum atomic E-state index is 12.8. The largest absolute Gasteiger partial charge is 0.309 e. The van der Waals surface area contributed by atoms with Crippen LogP contribution < -0.4 is 15.6 Å². The Morgan fingerprint density at radius 2 is 1.93 bits per heavy atom. The summed E-state index contributed by atoms with van der Waals surface area (Å²) in [6, 6.07) is 5.07. The van der Waals surface area contributed by atoms with Crippen LogP contribution in [0.2, 0.25) is 0 Å². The molecule has 0 unspecified atom stereocenters. The summed E-state index contributed by atoms with van der Waals surface area (Å²) in [4.78, 5) is 25.8. The van der Waals surface area contributed by atoms with Crippen molar-refractivity contribution < 1.29 is 8.42 Å². The summed E-state index contributed by atoms with van der Waals surface area (Å²) in [5.74, 6) is 0.762. The Bertz CT molecular complexity index is 1220. The van der Waals surface area contributed by atoms with E-state index in [0.717, 1.165) is 37.3 Å². The van der Waals surface area contributed by atoms with Crippen molar-refractivity contribution in [1.82, 2.24) is 19.5 Å². The molecule has 3 aromatic rings. The number of halogens is 1. The standard InChI is InChI=1S/C18H19BrN6O3S/c1-29(27,28)24-12-6-7-15(20-10-12)22-18-21-9-11-8-14(19)17(26)25(16(11)23-18)13-4-2-3-5-13/h6-10,13,24H,2-5H2,1H3,(H,20,21,22,23). The van der Waals surface area contributed by atoms with Crippen LogP contribution in [-0.4, -0.2) is 34.2 Å². The summed E-state index contributed by atoms with van der Waals surface area (Å²) in [6.45, 7) is 0. The number of anilines is 3. The number of hydrogen-bond acceptors (Lipinski definition) is 7. The molecule has 0 radical (unpaired) electrons. The van der Waals surface area contributed by atoms with Crippen molar-refractivity contribution in [2.45, 2.75) is 31.7 Å². The fraction of sp³-hybridized carbons (Fsp3) is 0.333. The van der Waals surface area contributed by atoms with Gasteiger partial charge < -0.3 is 5.32 Å². The predicted octanol–water partition coefficient (Wildman–Crippen LogP) is 3.18. The molecule has 0 saturated heterocycles. The minimum Gasteiger partial charge on any atom is -0.309 e. The van der Waals surface area contributed by atoms with Gasteiger partial charge in [-0.3, -0.25) is 14.1 Å². The second-order valence-corrected chi connectivity index (χ2v) is 9.61. The molecule has 0 bridgehead atoms. The molecule has 29 heavy (non-hydrogen) atoms. The van der Waals surface area contributed by atoms with Crippen LogP contribution in [0.3, 0.4) is 0 Å². The Kier molecular flexibility index (Phi) is 5.26. The fourth-order valence-corrected chi connectivity index (χ4v) is 4.49. The van der Waals surface area contributed by atoms with Gasteiger partial charge in [-0.25, -0.2) is 18.4 Å². The average molecular weight is 479 g/mol. The van der Waals surface area contributed by atoms with E-state index in [9.17, 15) is 13.2 Å². The highest BCUT2D eigenvalue weighted by Crippen LogP contribution is 2.31. The van der Waals surface area contributed by atoms with Gasteiger partial charge in [-0.05, 0) is 47.0 Å². The lowest BCUT2D eigenvalue weighted by molar-refractivity contribution is 0.514. The second-order valence-electron chi connectivity index (χ2n) is 7.01. The first kappa shape index (κ1) is 19.8. The van der Waals surface area contributed by atoms with Gasteiger partial charge in [0.2, 0.25) is 16.0 Å². The molecule has 0 aliphatic heterocycles. The van der Waals surface area contributed by atoms with Crippen molar-refractivity contribution in [2.75, 3.05) is 16.3 Å². The number of sulfonamides is 1. The predicted molar refractivity (Wildman–Crippen MR) is 115 cm³/mol. The van der Waals surface area contributed by atoms with Gasteiger partial charge in [0.05, 0.1) is 22.6 Å². The summed E-state index contributed by atoms with van der Waals surface area (Å²) in [7, 11) is -3.37. The maximum Gasteiger partial charge on any atom is 0.266 e. The molecule has 0 atom stereocenters. The minimum atomic E-state index is -3.37. The van der Waals surface area contributed by atoms with Crippen LogP contribution in [0, 0.1) is 0 Å². The second kappa shape index (κ2) is 7.71. The summed E-state index contributed by atoms with van der Waals surface area (Å²) < 4.78 is 27.2. The SMILES string of the molecule is CS(=O)(=O)Nc1ccc(Nc2ncc3cc(Br)c(=O)n(C4CCCC4)c3n2)nc1. The number of nitrogens with one attached hydrogen (secondary N) is 2. The number of pyridine rings is 2. The van der Waals surface area contributed by atoms with Crippen LogP contribution in [-0.2, 0) is 10.0 Å². The number of nitrogens with zero attached hydrogens (tertiary/aromatic N) is 4. The Balaban J connectivity index is 1.67. The molecular formula is C18H19BrN6O3S. The van der Waals surface area contributed by atoms with Gasteiger partial charge in [0.25, 0.3) is 5.56 Å². The third-order valence-corrected chi connectivity index (χ3v) is 5.90. The summed E-state index contributed by atoms with van der Waals surface area (Å²) in [5, 5.41) is 3.77. The molecule has 0 amide bonds. The molecule has 4 rings (SSSR count). The zero-order valence-corrected chi connectivity index (χ0v) is 18.0. The van der Waals surface area contributed by atoms with Crippen LogP contribution in [0.5, 0.6) is 0 Å². The molecular weight excluding hydrogens is 460 g/mol. The van der Waals surface area contributed by atoms with Gasteiger partial charge in [-0.2, -0.15) is 4.98 Å². The highest BCUT2D eigenvalue weighted by molar-refractivity contribution is 9.10. The summed E-state index contributed by atoms with van der Waals surface area (Å²) in [5.41, 5.74) is 0.846. The Morgan fingerprint density at radius 1 is 1.17 bits per heavy atom. The van der Waals surface area contributed by atoms with E-state index in [1.165, 1.54) is 6.20 Å². The van der Waals surface area contributed by atoms with Crippen molar-refractivity contribution >= 4 is 54.4 Å². The maximum absolute atomic E-state index is 12.8. The van der Waals surface area contributed by atoms with Crippen molar-refractivity contribution in [3.63, 3.8) is 0 Å². The van der Waals surface area contributed by atoms with Gasteiger partial charge >= 0.3 is 0 Å². The van der Waals surface area contributed by atoms with E-state index in [1.54, 1.807) is 29.0 Å². The lowest BCUT2D eigenvalue weighted by Crippen LogP contribution is -2.25. The first-order valence-electron chi connectivity index (χ1n) is 9.09. The van der Waals surface area contributed by atoms with Gasteiger partial charge in [-0.15, -0.1) is 0 Å². The molecule has 0 aromatic carbocycles. The van der Waals surface area contributed by atoms with Crippen molar-refractivity contribution in [2.24, 2.45) is 0 Å². The van der Waals surface area contributed by atoms with Gasteiger partial charge in [0.15, 0.2) is 0 Å². The highest BCUT2D eigenvalue weighted by Gasteiger charge is 2.22. The van der Waals surface area contributed by atoms with E-state index >= 15 is 0 Å². The molecule has 1 aliphatic rings. The van der Waals surface area contributed by atoms with E-state index < -0.39 is 10.0 Å². The Morgan fingerprint density at radius 3 is 2.59 bits per heavy atom. The number of fused-ring (bicyclic) bond motifs is 1. The quantitative estimate of drug-likeness (QED) is 0.577. The van der Waals surface area contributed by atoms with Gasteiger partial charge in [0.1, 0.15) is 11.5 Å². The van der Waals surface area contributed by atoms with Crippen LogP contribution >= 0.6 is 15.9 Å². The van der Waals surface area contributed by atoms with Crippen LogP contribution in [0.1, 0.15) is 31.7 Å². The summed E-state index contributed by atoms with van der Waals surface area (Å²) >= 11 is 3.35. The van der Waals surface area contributed by atoms with Crippen molar-refractivity contribution in [3.8, 4) is 0 Å². The fourth-order valence-electron chi connectivity index (χ4n) is 3.50. The molecule has 3 heterocycles. The van der Waals surface area contributed by atoms with Gasteiger partial charge in [-0.1, -0.05) is 12.8 Å². The first-order chi connectivity index (χ1) is 13.8. The van der Waals surface area contributed by atoms with Crippen molar-refractivity contribution in [3.05, 3.63) is 45.4 Å². The minimum absolute atomic E-state index is 0.0941. The summed E-state index contributed by atoms with van der Waals surface area (Å²) in [6.07, 6.45) is 8.24. The van der Waals surface area contributed by atoms with E-state index in [4.69, 9.17) is 0 Å². The first-order valence-corrected chi connectivity index (χ1v) is 11.8. The number of hydrogen-bond donors (Lipinski definition) is 2. The molecule has 1 aliphatic carbocycles. The molecule has 1 saturated carbocycles. The molecule has 1 fully saturated rings. The molecule has 11 heteroatoms. The van der Waals surface area contributed by atoms with E-state index in [1.807, 2.05) is 0 Å². The zero-order valence-electron chi connectivity index (χ0n) is 15.6. The monoisotopic (exact) mass is 478 g/mol. The Hall–Kier alpha value is -2.53. The molecule has 0 spiro atoms. The third-order valence-electron chi connectivity index (χ3n) is 4.73. The highest BCUT2D eigenvalue weighted by atomic mass is 79.9. The lowest BCUT2D eigenvalue weighted by atomic mass is 10.2. The number of rotatable bonds is 5. The van der Waals surface area contributed by atoms with Gasteiger partial charge in [0, 0.05) is 17.6 Å². The van der Waals surface area contributed by atoms with E-state index in [2.05, 4.69) is 40.9 Å². The normalized spacial score (nSPS) is 15.0. The Labute approximate surface area is 175 Å². The molecule has 9 nitrogen and oxygen atoms in total. The molecule has 3 aromatic heterocycles.